The molecule has 2 aromatic rings. The molecular formula is C14H13BrN2O3S. The predicted molar refractivity (Wildman–Crippen MR) is 84.9 cm³/mol. The lowest BCUT2D eigenvalue weighted by Crippen LogP contribution is -2.12. The highest BCUT2D eigenvalue weighted by Crippen LogP contribution is 2.28. The first-order valence-electron chi connectivity index (χ1n) is 6.22. The van der Waals surface area contributed by atoms with Gasteiger partial charge in [-0.2, -0.15) is 0 Å². The van der Waals surface area contributed by atoms with Crippen LogP contribution in [0.1, 0.15) is 32.5 Å². The van der Waals surface area contributed by atoms with Crippen molar-refractivity contribution >= 4 is 44.1 Å². The van der Waals surface area contributed by atoms with E-state index in [1.54, 1.807) is 38.2 Å². The monoisotopic (exact) mass is 368 g/mol. The molecule has 0 atom stereocenters. The van der Waals surface area contributed by atoms with E-state index in [0.717, 1.165) is 5.56 Å². The van der Waals surface area contributed by atoms with E-state index in [2.05, 4.69) is 26.2 Å². The SMILES string of the molecule is CCOC(=O)c1sc(NC(=O)c2cccnc2Br)cc1C. The summed E-state index contributed by atoms with van der Waals surface area (Å²) in [4.78, 5) is 28.4. The minimum absolute atomic E-state index is 0.286. The van der Waals surface area contributed by atoms with Crippen LogP contribution in [0.5, 0.6) is 0 Å². The first kappa shape index (κ1) is 15.7. The maximum absolute atomic E-state index is 12.2. The number of rotatable bonds is 4. The lowest BCUT2D eigenvalue weighted by molar-refractivity contribution is 0.0531. The lowest BCUT2D eigenvalue weighted by Gasteiger charge is -2.03. The lowest BCUT2D eigenvalue weighted by atomic mass is 10.2. The standard InChI is InChI=1S/C14H13BrN2O3S/c1-3-20-14(19)11-8(2)7-10(21-11)17-13(18)9-5-4-6-16-12(9)15/h4-7H,3H2,1-2H3,(H,17,18). The number of hydrogen-bond acceptors (Lipinski definition) is 5. The molecule has 1 N–H and O–H groups in total. The maximum Gasteiger partial charge on any atom is 0.348 e. The molecule has 0 unspecified atom stereocenters. The summed E-state index contributed by atoms with van der Waals surface area (Å²) in [5.41, 5.74) is 1.21. The van der Waals surface area contributed by atoms with Crippen LogP contribution in [0.2, 0.25) is 0 Å². The van der Waals surface area contributed by atoms with Crippen LogP contribution in [0, 0.1) is 6.92 Å². The average molecular weight is 369 g/mol. The molecule has 0 aromatic carbocycles. The van der Waals surface area contributed by atoms with Crippen LogP contribution >= 0.6 is 27.3 Å². The van der Waals surface area contributed by atoms with Crippen LogP contribution in [0.25, 0.3) is 0 Å². The molecule has 0 radical (unpaired) electrons. The molecule has 1 amide bonds. The Morgan fingerprint density at radius 1 is 1.48 bits per heavy atom. The Morgan fingerprint density at radius 3 is 2.90 bits per heavy atom. The minimum Gasteiger partial charge on any atom is -0.462 e. The highest BCUT2D eigenvalue weighted by Gasteiger charge is 2.17. The second-order valence-electron chi connectivity index (χ2n) is 4.14. The number of nitrogens with zero attached hydrogens (tertiary/aromatic N) is 1. The number of ether oxygens (including phenoxy) is 1. The summed E-state index contributed by atoms with van der Waals surface area (Å²) in [5.74, 6) is -0.658. The van der Waals surface area contributed by atoms with Crippen LogP contribution < -0.4 is 5.32 Å². The van der Waals surface area contributed by atoms with Crippen molar-refractivity contribution in [2.24, 2.45) is 0 Å². The first-order chi connectivity index (χ1) is 10.0. The summed E-state index contributed by atoms with van der Waals surface area (Å²) >= 11 is 4.43. The highest BCUT2D eigenvalue weighted by molar-refractivity contribution is 9.10. The summed E-state index contributed by atoms with van der Waals surface area (Å²) in [6.45, 7) is 3.88. The summed E-state index contributed by atoms with van der Waals surface area (Å²) in [6, 6.07) is 5.10. The number of thiophene rings is 1. The topological polar surface area (TPSA) is 68.3 Å². The fourth-order valence-electron chi connectivity index (χ4n) is 1.68. The molecule has 0 aliphatic carbocycles. The van der Waals surface area contributed by atoms with Crippen molar-refractivity contribution in [3.63, 3.8) is 0 Å². The third kappa shape index (κ3) is 3.68. The third-order valence-corrected chi connectivity index (χ3v) is 4.38. The molecule has 0 saturated heterocycles. The van der Waals surface area contributed by atoms with Gasteiger partial charge in [-0.3, -0.25) is 4.79 Å². The van der Waals surface area contributed by atoms with Crippen molar-refractivity contribution < 1.29 is 14.3 Å². The summed E-state index contributed by atoms with van der Waals surface area (Å²) < 4.78 is 5.45. The second-order valence-corrected chi connectivity index (χ2v) is 5.94. The number of aryl methyl sites for hydroxylation is 1. The molecule has 21 heavy (non-hydrogen) atoms. The molecule has 5 nitrogen and oxygen atoms in total. The van der Waals surface area contributed by atoms with Gasteiger partial charge in [0.05, 0.1) is 17.2 Å². The van der Waals surface area contributed by atoms with Crippen molar-refractivity contribution in [2.75, 3.05) is 11.9 Å². The van der Waals surface area contributed by atoms with Crippen LogP contribution in [0.15, 0.2) is 29.0 Å². The smallest absolute Gasteiger partial charge is 0.348 e. The van der Waals surface area contributed by atoms with Gasteiger partial charge in [-0.05, 0) is 53.5 Å². The van der Waals surface area contributed by atoms with E-state index in [0.29, 0.717) is 26.7 Å². The normalized spacial score (nSPS) is 10.2. The van der Waals surface area contributed by atoms with Gasteiger partial charge in [-0.1, -0.05) is 0 Å². The van der Waals surface area contributed by atoms with Crippen molar-refractivity contribution in [3.8, 4) is 0 Å². The molecule has 0 fully saturated rings. The Bertz CT molecular complexity index is 685. The van der Waals surface area contributed by atoms with Crippen molar-refractivity contribution in [1.29, 1.82) is 0 Å². The van der Waals surface area contributed by atoms with Gasteiger partial charge in [-0.15, -0.1) is 11.3 Å². The molecule has 0 saturated carbocycles. The number of esters is 1. The second kappa shape index (κ2) is 6.82. The molecular weight excluding hydrogens is 356 g/mol. The molecule has 7 heteroatoms. The van der Waals surface area contributed by atoms with E-state index >= 15 is 0 Å². The quantitative estimate of drug-likeness (QED) is 0.660. The van der Waals surface area contributed by atoms with Gasteiger partial charge in [0, 0.05) is 6.20 Å². The fourth-order valence-corrected chi connectivity index (χ4v) is 3.07. The first-order valence-corrected chi connectivity index (χ1v) is 7.83. The molecule has 2 rings (SSSR count). The van der Waals surface area contributed by atoms with Crippen LogP contribution in [-0.4, -0.2) is 23.5 Å². The Balaban J connectivity index is 2.17. The van der Waals surface area contributed by atoms with E-state index in [9.17, 15) is 9.59 Å². The van der Waals surface area contributed by atoms with Gasteiger partial charge >= 0.3 is 5.97 Å². The molecule has 110 valence electrons. The Labute approximate surface area is 134 Å². The number of carbonyl (C=O) groups excluding carboxylic acids is 2. The van der Waals surface area contributed by atoms with Crippen molar-refractivity contribution in [3.05, 3.63) is 45.0 Å². The minimum atomic E-state index is -0.372. The largest absolute Gasteiger partial charge is 0.462 e. The summed E-state index contributed by atoms with van der Waals surface area (Å²) in [5, 5.41) is 3.35. The Morgan fingerprint density at radius 2 is 2.24 bits per heavy atom. The maximum atomic E-state index is 12.2. The summed E-state index contributed by atoms with van der Waals surface area (Å²) in [7, 11) is 0. The summed E-state index contributed by atoms with van der Waals surface area (Å²) in [6.07, 6.45) is 1.59. The number of pyridine rings is 1. The van der Waals surface area contributed by atoms with E-state index < -0.39 is 0 Å². The number of amides is 1. The molecule has 0 aliphatic rings. The van der Waals surface area contributed by atoms with E-state index in [-0.39, 0.29) is 11.9 Å². The van der Waals surface area contributed by atoms with Crippen LogP contribution in [-0.2, 0) is 4.74 Å². The number of aromatic nitrogens is 1. The molecule has 2 aromatic heterocycles. The number of carbonyl (C=O) groups is 2. The van der Waals surface area contributed by atoms with E-state index in [1.807, 2.05) is 0 Å². The van der Waals surface area contributed by atoms with Gasteiger partial charge in [0.2, 0.25) is 0 Å². The van der Waals surface area contributed by atoms with Crippen LogP contribution in [0.3, 0.4) is 0 Å². The van der Waals surface area contributed by atoms with Crippen molar-refractivity contribution in [2.45, 2.75) is 13.8 Å². The molecule has 0 bridgehead atoms. The van der Waals surface area contributed by atoms with Crippen LogP contribution in [0.4, 0.5) is 5.00 Å². The van der Waals surface area contributed by atoms with Gasteiger partial charge in [0.15, 0.2) is 0 Å². The number of anilines is 1. The third-order valence-electron chi connectivity index (χ3n) is 2.62. The zero-order valence-electron chi connectivity index (χ0n) is 11.5. The zero-order valence-corrected chi connectivity index (χ0v) is 13.9. The molecule has 0 aliphatic heterocycles. The number of hydrogen-bond donors (Lipinski definition) is 1. The Kier molecular flexibility index (Phi) is 5.08. The number of nitrogens with one attached hydrogen (secondary N) is 1. The van der Waals surface area contributed by atoms with Gasteiger partial charge < -0.3 is 10.1 Å². The molecule has 2 heterocycles. The zero-order chi connectivity index (χ0) is 15.4. The average Bonchev–Trinajstić information content (AvgIpc) is 2.80. The van der Waals surface area contributed by atoms with E-state index in [4.69, 9.17) is 4.74 Å². The highest BCUT2D eigenvalue weighted by atomic mass is 79.9. The number of halogens is 1. The van der Waals surface area contributed by atoms with Gasteiger partial charge in [0.1, 0.15) is 9.48 Å². The van der Waals surface area contributed by atoms with Gasteiger partial charge in [-0.25, -0.2) is 9.78 Å². The van der Waals surface area contributed by atoms with Crippen molar-refractivity contribution in [1.82, 2.24) is 4.98 Å². The Hall–Kier alpha value is -1.73. The van der Waals surface area contributed by atoms with E-state index in [1.165, 1.54) is 11.3 Å². The van der Waals surface area contributed by atoms with Gasteiger partial charge in [0.25, 0.3) is 5.91 Å². The molecule has 0 spiro atoms. The fraction of sp³-hybridized carbons (Fsp3) is 0.214. The predicted octanol–water partition coefficient (Wildman–Crippen LogP) is 3.64.